The van der Waals surface area contributed by atoms with Crippen molar-refractivity contribution in [1.29, 1.82) is 0 Å². The summed E-state index contributed by atoms with van der Waals surface area (Å²) >= 11 is 1.54. The third kappa shape index (κ3) is 4.15. The molecule has 0 radical (unpaired) electrons. The minimum atomic E-state index is -0.324. The molecule has 1 aliphatic rings. The Morgan fingerprint density at radius 1 is 1.23 bits per heavy atom. The highest BCUT2D eigenvalue weighted by atomic mass is 32.1. The molecule has 26 heavy (non-hydrogen) atoms. The summed E-state index contributed by atoms with van der Waals surface area (Å²) in [6.45, 7) is 4.34. The van der Waals surface area contributed by atoms with Crippen LogP contribution in [0, 0.1) is 5.92 Å². The SMILES string of the molecule is CCOC(=O)c1c(NC(=O)Cc2ccccc2)sc2c1CC[C@H](CC)C2. The number of nitrogens with one attached hydrogen (secondary N) is 1. The molecule has 1 aliphatic carbocycles. The lowest BCUT2D eigenvalue weighted by Gasteiger charge is -2.20. The van der Waals surface area contributed by atoms with E-state index in [4.69, 9.17) is 4.74 Å². The predicted molar refractivity (Wildman–Crippen MR) is 105 cm³/mol. The lowest BCUT2D eigenvalue weighted by Crippen LogP contribution is -2.18. The Hall–Kier alpha value is -2.14. The summed E-state index contributed by atoms with van der Waals surface area (Å²) in [5.74, 6) is 0.228. The Bertz CT molecular complexity index is 782. The first-order chi connectivity index (χ1) is 12.6. The minimum absolute atomic E-state index is 0.104. The first-order valence-corrected chi connectivity index (χ1v) is 10.1. The fraction of sp³-hybridized carbons (Fsp3) is 0.429. The molecule has 5 heteroatoms. The van der Waals surface area contributed by atoms with Gasteiger partial charge >= 0.3 is 5.97 Å². The van der Waals surface area contributed by atoms with Crippen molar-refractivity contribution in [3.63, 3.8) is 0 Å². The quantitative estimate of drug-likeness (QED) is 0.754. The maximum absolute atomic E-state index is 12.5. The first kappa shape index (κ1) is 18.6. The van der Waals surface area contributed by atoms with Crippen molar-refractivity contribution in [3.05, 3.63) is 51.9 Å². The lowest BCUT2D eigenvalue weighted by atomic mass is 9.85. The Labute approximate surface area is 158 Å². The molecule has 1 aromatic carbocycles. The molecule has 1 amide bonds. The van der Waals surface area contributed by atoms with Gasteiger partial charge in [-0.25, -0.2) is 4.79 Å². The molecule has 1 heterocycles. The van der Waals surface area contributed by atoms with Crippen molar-refractivity contribution in [1.82, 2.24) is 0 Å². The minimum Gasteiger partial charge on any atom is -0.462 e. The van der Waals surface area contributed by atoms with Crippen LogP contribution in [0.5, 0.6) is 0 Å². The van der Waals surface area contributed by atoms with Crippen LogP contribution >= 0.6 is 11.3 Å². The van der Waals surface area contributed by atoms with Crippen LogP contribution in [0.25, 0.3) is 0 Å². The Kier molecular flexibility index (Phi) is 6.09. The number of esters is 1. The zero-order valence-electron chi connectivity index (χ0n) is 15.3. The zero-order chi connectivity index (χ0) is 18.5. The van der Waals surface area contributed by atoms with Crippen molar-refractivity contribution in [2.45, 2.75) is 46.0 Å². The number of amides is 1. The topological polar surface area (TPSA) is 55.4 Å². The smallest absolute Gasteiger partial charge is 0.341 e. The molecule has 1 N–H and O–H groups in total. The van der Waals surface area contributed by atoms with Gasteiger partial charge in [-0.05, 0) is 43.2 Å². The number of anilines is 1. The molecule has 0 saturated heterocycles. The number of hydrogen-bond donors (Lipinski definition) is 1. The second-order valence-electron chi connectivity index (χ2n) is 6.66. The van der Waals surface area contributed by atoms with E-state index in [-0.39, 0.29) is 11.9 Å². The number of carbonyl (C=O) groups excluding carboxylic acids is 2. The van der Waals surface area contributed by atoms with Crippen LogP contribution in [0.3, 0.4) is 0 Å². The van der Waals surface area contributed by atoms with Gasteiger partial charge < -0.3 is 10.1 Å². The van der Waals surface area contributed by atoms with Gasteiger partial charge in [0.05, 0.1) is 18.6 Å². The second kappa shape index (κ2) is 8.49. The van der Waals surface area contributed by atoms with E-state index in [1.165, 1.54) is 4.88 Å². The van der Waals surface area contributed by atoms with Crippen molar-refractivity contribution in [2.75, 3.05) is 11.9 Å². The highest BCUT2D eigenvalue weighted by molar-refractivity contribution is 7.17. The molecule has 0 saturated carbocycles. The van der Waals surface area contributed by atoms with Gasteiger partial charge in [0, 0.05) is 4.88 Å². The molecule has 1 aromatic heterocycles. The van der Waals surface area contributed by atoms with Crippen molar-refractivity contribution >= 4 is 28.2 Å². The van der Waals surface area contributed by atoms with Crippen molar-refractivity contribution in [3.8, 4) is 0 Å². The molecule has 0 unspecified atom stereocenters. The average molecular weight is 372 g/mol. The molecule has 0 bridgehead atoms. The molecular weight excluding hydrogens is 346 g/mol. The molecule has 1 atom stereocenters. The molecule has 0 spiro atoms. The molecule has 0 aliphatic heterocycles. The predicted octanol–water partition coefficient (Wildman–Crippen LogP) is 4.62. The van der Waals surface area contributed by atoms with Crippen LogP contribution < -0.4 is 5.32 Å². The number of carbonyl (C=O) groups is 2. The van der Waals surface area contributed by atoms with Gasteiger partial charge in [-0.15, -0.1) is 11.3 Å². The van der Waals surface area contributed by atoms with E-state index in [1.807, 2.05) is 30.3 Å². The number of hydrogen-bond acceptors (Lipinski definition) is 4. The molecule has 138 valence electrons. The van der Waals surface area contributed by atoms with E-state index in [2.05, 4.69) is 12.2 Å². The normalized spacial score (nSPS) is 16.0. The van der Waals surface area contributed by atoms with E-state index in [0.29, 0.717) is 29.5 Å². The Morgan fingerprint density at radius 2 is 2.00 bits per heavy atom. The van der Waals surface area contributed by atoms with Crippen LogP contribution in [-0.2, 0) is 28.8 Å². The molecular formula is C21H25NO3S. The number of thiophene rings is 1. The zero-order valence-corrected chi connectivity index (χ0v) is 16.2. The van der Waals surface area contributed by atoms with Gasteiger partial charge in [0.25, 0.3) is 0 Å². The third-order valence-electron chi connectivity index (χ3n) is 4.88. The van der Waals surface area contributed by atoms with Crippen molar-refractivity contribution < 1.29 is 14.3 Å². The largest absolute Gasteiger partial charge is 0.462 e. The molecule has 0 fully saturated rings. The summed E-state index contributed by atoms with van der Waals surface area (Å²) < 4.78 is 5.26. The third-order valence-corrected chi connectivity index (χ3v) is 6.05. The van der Waals surface area contributed by atoms with Crippen LogP contribution in [0.2, 0.25) is 0 Å². The van der Waals surface area contributed by atoms with Gasteiger partial charge in [0.2, 0.25) is 5.91 Å². The lowest BCUT2D eigenvalue weighted by molar-refractivity contribution is -0.115. The average Bonchev–Trinajstić information content (AvgIpc) is 2.99. The van der Waals surface area contributed by atoms with Gasteiger partial charge in [-0.3, -0.25) is 4.79 Å². The highest BCUT2D eigenvalue weighted by Gasteiger charge is 2.29. The van der Waals surface area contributed by atoms with Gasteiger partial charge in [0.15, 0.2) is 0 Å². The maximum Gasteiger partial charge on any atom is 0.341 e. The summed E-state index contributed by atoms with van der Waals surface area (Å²) in [5.41, 5.74) is 2.60. The summed E-state index contributed by atoms with van der Waals surface area (Å²) in [6, 6.07) is 9.62. The first-order valence-electron chi connectivity index (χ1n) is 9.27. The van der Waals surface area contributed by atoms with E-state index in [0.717, 1.165) is 36.8 Å². The van der Waals surface area contributed by atoms with E-state index in [9.17, 15) is 9.59 Å². The summed E-state index contributed by atoms with van der Waals surface area (Å²) in [6.07, 6.45) is 4.39. The van der Waals surface area contributed by atoms with Crippen LogP contribution in [0.15, 0.2) is 30.3 Å². The summed E-state index contributed by atoms with van der Waals surface area (Å²) in [4.78, 5) is 26.2. The molecule has 2 aromatic rings. The van der Waals surface area contributed by atoms with E-state index < -0.39 is 0 Å². The van der Waals surface area contributed by atoms with Gasteiger partial charge in [-0.2, -0.15) is 0 Å². The maximum atomic E-state index is 12.5. The summed E-state index contributed by atoms with van der Waals surface area (Å²) in [7, 11) is 0. The monoisotopic (exact) mass is 371 g/mol. The summed E-state index contributed by atoms with van der Waals surface area (Å²) in [5, 5.41) is 3.61. The Morgan fingerprint density at radius 3 is 2.69 bits per heavy atom. The fourth-order valence-corrected chi connectivity index (χ4v) is 4.83. The van der Waals surface area contributed by atoms with Crippen LogP contribution in [-0.4, -0.2) is 18.5 Å². The van der Waals surface area contributed by atoms with E-state index in [1.54, 1.807) is 18.3 Å². The van der Waals surface area contributed by atoms with Gasteiger partial charge in [0.1, 0.15) is 5.00 Å². The standard InChI is InChI=1S/C21H25NO3S/c1-3-14-10-11-16-17(12-14)26-20(19(16)21(24)25-4-2)22-18(23)13-15-8-6-5-7-9-15/h5-9,14H,3-4,10-13H2,1-2H3,(H,22,23)/t14-/m0/s1. The number of ether oxygens (including phenoxy) is 1. The van der Waals surface area contributed by atoms with Crippen LogP contribution in [0.4, 0.5) is 5.00 Å². The highest BCUT2D eigenvalue weighted by Crippen LogP contribution is 2.40. The van der Waals surface area contributed by atoms with Crippen molar-refractivity contribution in [2.24, 2.45) is 5.92 Å². The number of benzene rings is 1. The second-order valence-corrected chi connectivity index (χ2v) is 7.76. The molecule has 3 rings (SSSR count). The Balaban J connectivity index is 1.84. The number of rotatable bonds is 6. The van der Waals surface area contributed by atoms with E-state index >= 15 is 0 Å². The fourth-order valence-electron chi connectivity index (χ4n) is 3.46. The molecule has 4 nitrogen and oxygen atoms in total. The van der Waals surface area contributed by atoms with Gasteiger partial charge in [-0.1, -0.05) is 43.7 Å². The number of fused-ring (bicyclic) bond motifs is 1. The van der Waals surface area contributed by atoms with Crippen LogP contribution in [0.1, 0.15) is 53.1 Å².